The number of carbonyl (C=O) groups is 1. The van der Waals surface area contributed by atoms with E-state index in [1.807, 2.05) is 31.2 Å². The molecule has 0 atom stereocenters. The summed E-state index contributed by atoms with van der Waals surface area (Å²) >= 11 is 0. The van der Waals surface area contributed by atoms with Crippen LogP contribution in [0, 0.1) is 6.92 Å². The number of nitrogens with zero attached hydrogens (tertiary/aromatic N) is 4. The van der Waals surface area contributed by atoms with Crippen LogP contribution in [0.2, 0.25) is 0 Å². The lowest BCUT2D eigenvalue weighted by Gasteiger charge is -2.08. The Labute approximate surface area is 116 Å². The molecule has 0 bridgehead atoms. The maximum Gasteiger partial charge on any atom is 0.326 e. The molecule has 2 aromatic heterocycles. The lowest BCUT2D eigenvalue weighted by Crippen LogP contribution is -2.30. The van der Waals surface area contributed by atoms with Gasteiger partial charge in [0.05, 0.1) is 11.0 Å². The minimum Gasteiger partial charge on any atom is -0.336 e. The topological polar surface area (TPSA) is 64.7 Å². The predicted octanol–water partition coefficient (Wildman–Crippen LogP) is 1.80. The van der Waals surface area contributed by atoms with Crippen molar-refractivity contribution in [2.45, 2.75) is 13.5 Å². The molecule has 0 spiro atoms. The van der Waals surface area contributed by atoms with Crippen LogP contribution >= 0.6 is 0 Å². The number of carbonyl (C=O) groups excluding carboxylic acids is 1. The predicted molar refractivity (Wildman–Crippen MR) is 75.5 cm³/mol. The summed E-state index contributed by atoms with van der Waals surface area (Å²) in [5.41, 5.74) is 2.06. The minimum atomic E-state index is -0.176. The Bertz CT molecular complexity index is 729. The number of amides is 1. The number of rotatable bonds is 3. The summed E-state index contributed by atoms with van der Waals surface area (Å²) < 4.78 is 3.52. The number of aromatic nitrogens is 4. The van der Waals surface area contributed by atoms with Crippen LogP contribution in [0.15, 0.2) is 43.0 Å². The van der Waals surface area contributed by atoms with E-state index in [4.69, 9.17) is 0 Å². The number of hydrogen-bond acceptors (Lipinski definition) is 3. The van der Waals surface area contributed by atoms with Crippen LogP contribution in [0.5, 0.6) is 0 Å². The first kappa shape index (κ1) is 12.4. The molecule has 0 unspecified atom stereocenters. The fraction of sp³-hybridized carbons (Fsp3) is 0.214. The van der Waals surface area contributed by atoms with Gasteiger partial charge in [0.15, 0.2) is 0 Å². The average molecular weight is 269 g/mol. The van der Waals surface area contributed by atoms with Crippen molar-refractivity contribution in [3.05, 3.63) is 48.8 Å². The summed E-state index contributed by atoms with van der Waals surface area (Å²) in [5.74, 6) is 0.947. The van der Waals surface area contributed by atoms with Gasteiger partial charge in [-0.25, -0.2) is 14.8 Å². The van der Waals surface area contributed by atoms with Crippen molar-refractivity contribution in [1.29, 1.82) is 0 Å². The summed E-state index contributed by atoms with van der Waals surface area (Å²) in [5, 5.41) is 2.85. The Hall–Kier alpha value is -2.63. The van der Waals surface area contributed by atoms with Crippen molar-refractivity contribution in [2.75, 3.05) is 6.54 Å². The smallest absolute Gasteiger partial charge is 0.326 e. The molecule has 0 radical (unpaired) electrons. The van der Waals surface area contributed by atoms with Crippen molar-refractivity contribution >= 4 is 17.1 Å². The van der Waals surface area contributed by atoms with Crippen molar-refractivity contribution in [3.8, 4) is 0 Å². The molecule has 3 rings (SSSR count). The van der Waals surface area contributed by atoms with Crippen LogP contribution in [0.25, 0.3) is 11.0 Å². The first-order valence-corrected chi connectivity index (χ1v) is 6.44. The largest absolute Gasteiger partial charge is 0.336 e. The van der Waals surface area contributed by atoms with Crippen LogP contribution < -0.4 is 5.32 Å². The molecule has 0 aliphatic carbocycles. The monoisotopic (exact) mass is 269 g/mol. The van der Waals surface area contributed by atoms with Gasteiger partial charge in [-0.3, -0.25) is 4.57 Å². The fourth-order valence-corrected chi connectivity index (χ4v) is 2.22. The summed E-state index contributed by atoms with van der Waals surface area (Å²) in [6.07, 6.45) is 4.67. The van der Waals surface area contributed by atoms with Gasteiger partial charge in [-0.05, 0) is 19.1 Å². The van der Waals surface area contributed by atoms with Crippen LogP contribution in [0.1, 0.15) is 5.82 Å². The first-order chi connectivity index (χ1) is 9.75. The maximum absolute atomic E-state index is 11.8. The zero-order valence-electron chi connectivity index (χ0n) is 11.2. The zero-order chi connectivity index (χ0) is 13.9. The lowest BCUT2D eigenvalue weighted by atomic mass is 10.3. The Kier molecular flexibility index (Phi) is 3.20. The molecule has 1 amide bonds. The molecule has 20 heavy (non-hydrogen) atoms. The highest BCUT2D eigenvalue weighted by Gasteiger charge is 2.07. The van der Waals surface area contributed by atoms with Gasteiger partial charge in [0.2, 0.25) is 0 Å². The van der Waals surface area contributed by atoms with Crippen LogP contribution in [0.3, 0.4) is 0 Å². The summed E-state index contributed by atoms with van der Waals surface area (Å²) in [7, 11) is 0. The van der Waals surface area contributed by atoms with Gasteiger partial charge in [0.25, 0.3) is 0 Å². The van der Waals surface area contributed by atoms with Crippen molar-refractivity contribution < 1.29 is 4.79 Å². The summed E-state index contributed by atoms with van der Waals surface area (Å²) in [4.78, 5) is 20.1. The molecule has 0 fully saturated rings. The molecular weight excluding hydrogens is 254 g/mol. The Morgan fingerprint density at radius 1 is 1.35 bits per heavy atom. The minimum absolute atomic E-state index is 0.176. The Morgan fingerprint density at radius 2 is 2.20 bits per heavy atom. The van der Waals surface area contributed by atoms with E-state index in [2.05, 4.69) is 19.9 Å². The number of hydrogen-bond donors (Lipinski definition) is 1. The number of nitrogens with one attached hydrogen (secondary N) is 1. The van der Waals surface area contributed by atoms with E-state index >= 15 is 0 Å². The Balaban J connectivity index is 1.68. The standard InChI is InChI=1S/C14H15N5O/c1-11-17-12-4-2-3-5-13(12)19(11)9-7-16-14(20)18-8-6-15-10-18/h2-6,8,10H,7,9H2,1H3,(H,16,20). The number of imidazole rings is 2. The van der Waals surface area contributed by atoms with Gasteiger partial charge in [-0.2, -0.15) is 0 Å². The quantitative estimate of drug-likeness (QED) is 0.788. The molecule has 0 saturated heterocycles. The molecule has 3 aromatic rings. The van der Waals surface area contributed by atoms with Gasteiger partial charge < -0.3 is 9.88 Å². The van der Waals surface area contributed by atoms with Crippen molar-refractivity contribution in [3.63, 3.8) is 0 Å². The van der Waals surface area contributed by atoms with Crippen LogP contribution in [-0.2, 0) is 6.54 Å². The van der Waals surface area contributed by atoms with E-state index in [-0.39, 0.29) is 6.03 Å². The van der Waals surface area contributed by atoms with Gasteiger partial charge in [-0.1, -0.05) is 12.1 Å². The van der Waals surface area contributed by atoms with Gasteiger partial charge in [-0.15, -0.1) is 0 Å². The van der Waals surface area contributed by atoms with Gasteiger partial charge in [0.1, 0.15) is 12.2 Å². The Morgan fingerprint density at radius 3 is 3.00 bits per heavy atom. The molecule has 1 N–H and O–H groups in total. The van der Waals surface area contributed by atoms with Crippen LogP contribution in [0.4, 0.5) is 4.79 Å². The molecule has 0 aliphatic heterocycles. The van der Waals surface area contributed by atoms with Crippen LogP contribution in [-0.4, -0.2) is 31.7 Å². The molecule has 6 nitrogen and oxygen atoms in total. The molecule has 0 saturated carbocycles. The molecule has 1 aromatic carbocycles. The van der Waals surface area contributed by atoms with Crippen molar-refractivity contribution in [1.82, 2.24) is 24.4 Å². The first-order valence-electron chi connectivity index (χ1n) is 6.44. The summed E-state index contributed by atoms with van der Waals surface area (Å²) in [6.45, 7) is 3.20. The zero-order valence-corrected chi connectivity index (χ0v) is 11.2. The summed E-state index contributed by atoms with van der Waals surface area (Å²) in [6, 6.07) is 7.81. The van der Waals surface area contributed by atoms with Gasteiger partial charge >= 0.3 is 6.03 Å². The maximum atomic E-state index is 11.8. The number of aryl methyl sites for hydroxylation is 1. The lowest BCUT2D eigenvalue weighted by molar-refractivity contribution is 0.242. The molecule has 102 valence electrons. The van der Waals surface area contributed by atoms with E-state index in [9.17, 15) is 4.79 Å². The third kappa shape index (κ3) is 2.27. The second-order valence-corrected chi connectivity index (χ2v) is 4.50. The molecular formula is C14H15N5O. The normalized spacial score (nSPS) is 10.8. The second kappa shape index (κ2) is 5.16. The average Bonchev–Trinajstić information content (AvgIpc) is 3.07. The number of benzene rings is 1. The number of fused-ring (bicyclic) bond motifs is 1. The van der Waals surface area contributed by atoms with Gasteiger partial charge in [0, 0.05) is 25.5 Å². The fourth-order valence-electron chi connectivity index (χ4n) is 2.22. The third-order valence-corrected chi connectivity index (χ3v) is 3.20. The van der Waals surface area contributed by atoms with E-state index < -0.39 is 0 Å². The van der Waals surface area contributed by atoms with E-state index in [1.165, 1.54) is 10.9 Å². The molecule has 2 heterocycles. The van der Waals surface area contributed by atoms with E-state index in [0.29, 0.717) is 13.1 Å². The van der Waals surface area contributed by atoms with E-state index in [0.717, 1.165) is 16.9 Å². The highest BCUT2D eigenvalue weighted by Crippen LogP contribution is 2.14. The number of para-hydroxylation sites is 2. The molecule has 0 aliphatic rings. The van der Waals surface area contributed by atoms with Crippen molar-refractivity contribution in [2.24, 2.45) is 0 Å². The SMILES string of the molecule is Cc1nc2ccccc2n1CCNC(=O)n1ccnc1. The highest BCUT2D eigenvalue weighted by molar-refractivity contribution is 5.77. The molecule has 6 heteroatoms. The second-order valence-electron chi connectivity index (χ2n) is 4.50. The van der Waals surface area contributed by atoms with E-state index in [1.54, 1.807) is 12.4 Å². The third-order valence-electron chi connectivity index (χ3n) is 3.20. The highest BCUT2D eigenvalue weighted by atomic mass is 16.2.